The molecule has 0 saturated heterocycles. The van der Waals surface area contributed by atoms with E-state index >= 15 is 0 Å². The van der Waals surface area contributed by atoms with E-state index in [0.717, 1.165) is 37.1 Å². The molecule has 0 fully saturated rings. The van der Waals surface area contributed by atoms with Crippen LogP contribution in [-0.2, 0) is 10.8 Å². The number of para-hydroxylation sites is 1. The zero-order valence-corrected chi connectivity index (χ0v) is 34.0. The van der Waals surface area contributed by atoms with Crippen molar-refractivity contribution < 1.29 is 0 Å². The number of rotatable bonds is 8. The molecule has 2 heteroatoms. The average molecular weight is 751 g/mol. The molecule has 0 heterocycles. The molecule has 0 aliphatic heterocycles. The molecule has 0 unspecified atom stereocenters. The summed E-state index contributed by atoms with van der Waals surface area (Å²) in [5, 5.41) is 0. The molecule has 0 amide bonds. The van der Waals surface area contributed by atoms with Crippen molar-refractivity contribution >= 4 is 34.9 Å². The molecule has 0 N–H and O–H groups in total. The number of hydrogen-bond acceptors (Lipinski definition) is 2. The second-order valence-electron chi connectivity index (χ2n) is 17.2. The Morgan fingerprint density at radius 2 is 1.03 bits per heavy atom. The quantitative estimate of drug-likeness (QED) is 0.143. The summed E-state index contributed by atoms with van der Waals surface area (Å²) in [5.74, 6) is 0. The fourth-order valence-corrected chi connectivity index (χ4v) is 9.79. The fraction of sp³-hybridized carbons (Fsp3) is 0.179. The highest BCUT2D eigenvalue weighted by Crippen LogP contribution is 2.52. The molecule has 0 bridgehead atoms. The summed E-state index contributed by atoms with van der Waals surface area (Å²) in [5.41, 5.74) is 20.5. The molecule has 10 rings (SSSR count). The van der Waals surface area contributed by atoms with Gasteiger partial charge in [0, 0.05) is 45.0 Å². The van der Waals surface area contributed by atoms with Crippen LogP contribution in [0.15, 0.2) is 181 Å². The van der Waals surface area contributed by atoms with Crippen LogP contribution in [0.5, 0.6) is 0 Å². The topological polar surface area (TPSA) is 6.48 Å². The lowest BCUT2D eigenvalue weighted by Crippen LogP contribution is -2.23. The first-order chi connectivity index (χ1) is 28.3. The molecule has 0 radical (unpaired) electrons. The number of hydrogen-bond donors (Lipinski definition) is 0. The average Bonchev–Trinajstić information content (AvgIpc) is 3.63. The van der Waals surface area contributed by atoms with Crippen LogP contribution >= 0.6 is 0 Å². The van der Waals surface area contributed by atoms with Gasteiger partial charge in [-0.1, -0.05) is 149 Å². The molecule has 4 aliphatic carbocycles. The molecule has 0 saturated carbocycles. The molecule has 0 spiro atoms. The van der Waals surface area contributed by atoms with E-state index in [4.69, 9.17) is 0 Å². The standard InChI is InChI=1S/C56H50N2/c1-55(2)51-23-15-14-22-47(51)49-34-31-46(37-53(49)55)58(43-20-12-7-13-21-43)44-29-26-39(27-30-44)24-25-40-28-33-48-50-35-32-45(38-54(50)56(3,4)52(48)36-40)57(41-16-8-5-9-17-41)42-18-10-6-11-19-42/h5,7-8,10,12-16,18-38H,6,9,11,17H2,1-4H3/b25-24+. The van der Waals surface area contributed by atoms with Crippen LogP contribution in [0.1, 0.15) is 86.8 Å². The van der Waals surface area contributed by atoms with E-state index in [9.17, 15) is 0 Å². The Morgan fingerprint density at radius 1 is 0.466 bits per heavy atom. The normalized spacial score (nSPS) is 16.6. The van der Waals surface area contributed by atoms with Gasteiger partial charge < -0.3 is 9.80 Å². The van der Waals surface area contributed by atoms with Crippen molar-refractivity contribution in [2.75, 3.05) is 9.80 Å². The van der Waals surface area contributed by atoms with Gasteiger partial charge in [0.1, 0.15) is 0 Å². The number of fused-ring (bicyclic) bond motifs is 6. The summed E-state index contributed by atoms with van der Waals surface area (Å²) in [6.45, 7) is 9.48. The zero-order valence-electron chi connectivity index (χ0n) is 34.0. The van der Waals surface area contributed by atoms with Crippen LogP contribution in [0.25, 0.3) is 34.4 Å². The molecule has 58 heavy (non-hydrogen) atoms. The molecule has 0 atom stereocenters. The number of allylic oxidation sites excluding steroid dienone is 7. The maximum atomic E-state index is 2.49. The van der Waals surface area contributed by atoms with Gasteiger partial charge in [0.05, 0.1) is 0 Å². The fourth-order valence-electron chi connectivity index (χ4n) is 9.79. The summed E-state index contributed by atoms with van der Waals surface area (Å²) in [7, 11) is 0. The summed E-state index contributed by atoms with van der Waals surface area (Å²) in [4.78, 5) is 4.87. The monoisotopic (exact) mass is 750 g/mol. The van der Waals surface area contributed by atoms with Crippen LogP contribution < -0.4 is 9.80 Å². The third-order valence-corrected chi connectivity index (χ3v) is 12.9. The first-order valence-corrected chi connectivity index (χ1v) is 21.0. The number of anilines is 4. The Kier molecular flexibility index (Phi) is 8.82. The molecule has 6 aromatic carbocycles. The number of nitrogens with zero attached hydrogens (tertiary/aromatic N) is 2. The van der Waals surface area contributed by atoms with Gasteiger partial charge in [-0.25, -0.2) is 0 Å². The lowest BCUT2D eigenvalue weighted by atomic mass is 9.81. The third-order valence-electron chi connectivity index (χ3n) is 12.9. The Morgan fingerprint density at radius 3 is 1.72 bits per heavy atom. The van der Waals surface area contributed by atoms with Gasteiger partial charge in [0.15, 0.2) is 0 Å². The third kappa shape index (κ3) is 6.10. The van der Waals surface area contributed by atoms with Gasteiger partial charge in [-0.3, -0.25) is 0 Å². The summed E-state index contributed by atoms with van der Waals surface area (Å²) >= 11 is 0. The molecule has 2 nitrogen and oxygen atoms in total. The Hall–Kier alpha value is -6.38. The Labute approximate surface area is 344 Å². The molecular formula is C56H50N2. The summed E-state index contributed by atoms with van der Waals surface area (Å²) < 4.78 is 0. The van der Waals surface area contributed by atoms with Crippen molar-refractivity contribution in [1.82, 2.24) is 0 Å². The number of benzene rings is 6. The molecular weight excluding hydrogens is 701 g/mol. The van der Waals surface area contributed by atoms with E-state index in [-0.39, 0.29) is 10.8 Å². The smallest absolute Gasteiger partial charge is 0.0465 e. The van der Waals surface area contributed by atoms with E-state index in [0.29, 0.717) is 0 Å². The predicted molar refractivity (Wildman–Crippen MR) is 247 cm³/mol. The van der Waals surface area contributed by atoms with Crippen molar-refractivity contribution in [2.45, 2.75) is 64.2 Å². The van der Waals surface area contributed by atoms with Gasteiger partial charge in [-0.05, 0) is 142 Å². The minimum absolute atomic E-state index is 0.0619. The maximum Gasteiger partial charge on any atom is 0.0465 e. The Bertz CT molecular complexity index is 2720. The second-order valence-corrected chi connectivity index (χ2v) is 17.2. The van der Waals surface area contributed by atoms with Crippen molar-refractivity contribution in [3.8, 4) is 22.3 Å². The largest absolute Gasteiger partial charge is 0.315 e. The minimum Gasteiger partial charge on any atom is -0.315 e. The Balaban J connectivity index is 0.928. The highest BCUT2D eigenvalue weighted by molar-refractivity contribution is 5.87. The first-order valence-electron chi connectivity index (χ1n) is 21.0. The van der Waals surface area contributed by atoms with Gasteiger partial charge >= 0.3 is 0 Å². The zero-order chi connectivity index (χ0) is 39.4. The molecule has 4 aliphatic rings. The molecule has 284 valence electrons. The summed E-state index contributed by atoms with van der Waals surface area (Å²) in [6, 6.07) is 49.7. The second kappa shape index (κ2) is 14.2. The van der Waals surface area contributed by atoms with Crippen LogP contribution in [0, 0.1) is 0 Å². The minimum atomic E-state index is -0.119. The van der Waals surface area contributed by atoms with Gasteiger partial charge in [-0.15, -0.1) is 0 Å². The van der Waals surface area contributed by atoms with Crippen LogP contribution in [-0.4, -0.2) is 0 Å². The lowest BCUT2D eigenvalue weighted by Gasteiger charge is -2.32. The van der Waals surface area contributed by atoms with Gasteiger partial charge in [0.2, 0.25) is 0 Å². The van der Waals surface area contributed by atoms with Crippen molar-refractivity contribution in [2.24, 2.45) is 0 Å². The molecule has 0 aromatic heterocycles. The van der Waals surface area contributed by atoms with Gasteiger partial charge in [0.25, 0.3) is 0 Å². The summed E-state index contributed by atoms with van der Waals surface area (Å²) in [6.07, 6.45) is 22.6. The van der Waals surface area contributed by atoms with E-state index in [1.165, 1.54) is 78.4 Å². The van der Waals surface area contributed by atoms with Gasteiger partial charge in [-0.2, -0.15) is 0 Å². The van der Waals surface area contributed by atoms with Crippen molar-refractivity contribution in [3.63, 3.8) is 0 Å². The maximum absolute atomic E-state index is 2.49. The van der Waals surface area contributed by atoms with Crippen LogP contribution in [0.2, 0.25) is 0 Å². The van der Waals surface area contributed by atoms with Crippen LogP contribution in [0.4, 0.5) is 22.7 Å². The SMILES string of the molecule is CC1(C)c2cc(/C=C/c3ccc(N(c4ccccc4)c4ccc5c(c4)C(C)(C)c4ccccc4-5)cc3)ccc2-c2ccc(N(C3=CCCC=C3)C3=CC=CCC3)cc21. The van der Waals surface area contributed by atoms with E-state index in [2.05, 4.69) is 220 Å². The van der Waals surface area contributed by atoms with Crippen molar-refractivity contribution in [3.05, 3.63) is 215 Å². The van der Waals surface area contributed by atoms with E-state index in [1.54, 1.807) is 0 Å². The predicted octanol–water partition coefficient (Wildman–Crippen LogP) is 15.2. The lowest BCUT2D eigenvalue weighted by molar-refractivity contribution is 0.660. The van der Waals surface area contributed by atoms with Crippen molar-refractivity contribution in [1.29, 1.82) is 0 Å². The highest BCUT2D eigenvalue weighted by Gasteiger charge is 2.37. The van der Waals surface area contributed by atoms with E-state index < -0.39 is 0 Å². The molecule has 6 aromatic rings. The first kappa shape index (κ1) is 36.0. The van der Waals surface area contributed by atoms with E-state index in [1.807, 2.05) is 0 Å². The van der Waals surface area contributed by atoms with Crippen LogP contribution in [0.3, 0.4) is 0 Å². The highest BCUT2D eigenvalue weighted by atomic mass is 15.2.